The Morgan fingerprint density at radius 1 is 1.30 bits per heavy atom. The van der Waals surface area contributed by atoms with E-state index in [0.29, 0.717) is 11.8 Å². The van der Waals surface area contributed by atoms with E-state index in [-0.39, 0.29) is 24.0 Å². The second-order valence-electron chi connectivity index (χ2n) is 6.09. The summed E-state index contributed by atoms with van der Waals surface area (Å²) in [5.74, 6) is 2.07. The molecule has 1 rings (SSSR count). The van der Waals surface area contributed by atoms with Gasteiger partial charge in [0.2, 0.25) is 0 Å². The first-order chi connectivity index (χ1) is 10.6. The lowest BCUT2D eigenvalue weighted by Gasteiger charge is -2.15. The summed E-state index contributed by atoms with van der Waals surface area (Å²) < 4.78 is 5.57. The number of nitrogens with zero attached hydrogens (tertiary/aromatic N) is 1. The fourth-order valence-electron chi connectivity index (χ4n) is 2.04. The highest BCUT2D eigenvalue weighted by atomic mass is 127. The monoisotopic (exact) mass is 453 g/mol. The van der Waals surface area contributed by atoms with Gasteiger partial charge in [-0.3, -0.25) is 4.99 Å². The zero-order valence-electron chi connectivity index (χ0n) is 14.8. The summed E-state index contributed by atoms with van der Waals surface area (Å²) in [5.41, 5.74) is 0. The molecule has 0 aromatic carbocycles. The topological polar surface area (TPSA) is 45.7 Å². The molecule has 2 N–H and O–H groups in total. The van der Waals surface area contributed by atoms with Crippen molar-refractivity contribution in [1.82, 2.24) is 10.6 Å². The molecule has 0 saturated heterocycles. The number of hydrogen-bond donors (Lipinski definition) is 2. The molecule has 0 aliphatic heterocycles. The highest BCUT2D eigenvalue weighted by Crippen LogP contribution is 2.13. The van der Waals surface area contributed by atoms with Gasteiger partial charge in [-0.25, -0.2) is 0 Å². The van der Waals surface area contributed by atoms with Gasteiger partial charge in [0.1, 0.15) is 0 Å². The standard InChI is InChI=1S/C17H31N3OS.HI/c1-14(2)13-21-9-6-8-19-17(18-4)20-12-15(3)11-16-7-5-10-22-16;/h5,7,10,14-15H,6,8-9,11-13H2,1-4H3,(H2,18,19,20);1H. The average Bonchev–Trinajstić information content (AvgIpc) is 2.98. The van der Waals surface area contributed by atoms with Crippen LogP contribution in [0.3, 0.4) is 0 Å². The molecule has 1 unspecified atom stereocenters. The van der Waals surface area contributed by atoms with Gasteiger partial charge in [0.15, 0.2) is 5.96 Å². The van der Waals surface area contributed by atoms with Crippen molar-refractivity contribution in [3.8, 4) is 0 Å². The summed E-state index contributed by atoms with van der Waals surface area (Å²) in [7, 11) is 1.81. The van der Waals surface area contributed by atoms with E-state index < -0.39 is 0 Å². The van der Waals surface area contributed by atoms with E-state index in [1.165, 1.54) is 4.88 Å². The lowest BCUT2D eigenvalue weighted by atomic mass is 10.1. The van der Waals surface area contributed by atoms with Crippen molar-refractivity contribution in [2.75, 3.05) is 33.4 Å². The normalized spacial score (nSPS) is 12.8. The number of ether oxygens (including phenoxy) is 1. The van der Waals surface area contributed by atoms with Crippen LogP contribution in [0.5, 0.6) is 0 Å². The van der Waals surface area contributed by atoms with Crippen LogP contribution < -0.4 is 10.6 Å². The van der Waals surface area contributed by atoms with Gasteiger partial charge >= 0.3 is 0 Å². The predicted molar refractivity (Wildman–Crippen MR) is 112 cm³/mol. The first kappa shape index (κ1) is 22.7. The molecule has 0 amide bonds. The Balaban J connectivity index is 0.00000484. The van der Waals surface area contributed by atoms with Gasteiger partial charge in [0.05, 0.1) is 0 Å². The molecule has 1 aromatic rings. The minimum atomic E-state index is 0. The van der Waals surface area contributed by atoms with E-state index in [1.807, 2.05) is 18.4 Å². The summed E-state index contributed by atoms with van der Waals surface area (Å²) in [6.45, 7) is 10.1. The number of thiophene rings is 1. The van der Waals surface area contributed by atoms with Crippen LogP contribution in [-0.2, 0) is 11.2 Å². The van der Waals surface area contributed by atoms with Gasteiger partial charge in [-0.1, -0.05) is 26.8 Å². The SMILES string of the molecule is CN=C(NCCCOCC(C)C)NCC(C)Cc1cccs1.I. The largest absolute Gasteiger partial charge is 0.381 e. The number of halogens is 1. The molecule has 0 aliphatic carbocycles. The molecule has 4 nitrogen and oxygen atoms in total. The second kappa shape index (κ2) is 14.0. The zero-order chi connectivity index (χ0) is 16.2. The van der Waals surface area contributed by atoms with Crippen LogP contribution in [0.2, 0.25) is 0 Å². The molecular weight excluding hydrogens is 421 g/mol. The van der Waals surface area contributed by atoms with Crippen LogP contribution >= 0.6 is 35.3 Å². The van der Waals surface area contributed by atoms with E-state index in [2.05, 4.69) is 53.9 Å². The molecule has 23 heavy (non-hydrogen) atoms. The third-order valence-corrected chi connectivity index (χ3v) is 4.08. The van der Waals surface area contributed by atoms with Crippen molar-refractivity contribution in [3.63, 3.8) is 0 Å². The molecule has 6 heteroatoms. The maximum atomic E-state index is 5.57. The molecule has 1 aromatic heterocycles. The van der Waals surface area contributed by atoms with Gasteiger partial charge in [-0.2, -0.15) is 0 Å². The summed E-state index contributed by atoms with van der Waals surface area (Å²) in [6.07, 6.45) is 2.11. The molecule has 0 saturated carbocycles. The minimum absolute atomic E-state index is 0. The van der Waals surface area contributed by atoms with E-state index in [9.17, 15) is 0 Å². The lowest BCUT2D eigenvalue weighted by molar-refractivity contribution is 0.108. The Labute approximate surface area is 162 Å². The Morgan fingerprint density at radius 2 is 2.09 bits per heavy atom. The van der Waals surface area contributed by atoms with Crippen molar-refractivity contribution in [1.29, 1.82) is 0 Å². The van der Waals surface area contributed by atoms with Crippen LogP contribution in [0.25, 0.3) is 0 Å². The van der Waals surface area contributed by atoms with E-state index >= 15 is 0 Å². The van der Waals surface area contributed by atoms with Gasteiger partial charge < -0.3 is 15.4 Å². The van der Waals surface area contributed by atoms with Crippen LogP contribution in [0.4, 0.5) is 0 Å². The van der Waals surface area contributed by atoms with Crippen molar-refractivity contribution >= 4 is 41.3 Å². The van der Waals surface area contributed by atoms with Gasteiger partial charge in [-0.15, -0.1) is 35.3 Å². The third-order valence-electron chi connectivity index (χ3n) is 3.18. The maximum absolute atomic E-state index is 5.57. The van der Waals surface area contributed by atoms with Gasteiger partial charge in [-0.05, 0) is 36.1 Å². The quantitative estimate of drug-likeness (QED) is 0.245. The van der Waals surface area contributed by atoms with Crippen molar-refractivity contribution in [2.24, 2.45) is 16.8 Å². The second-order valence-corrected chi connectivity index (χ2v) is 7.12. The summed E-state index contributed by atoms with van der Waals surface area (Å²) in [4.78, 5) is 5.70. The summed E-state index contributed by atoms with van der Waals surface area (Å²) >= 11 is 1.83. The number of nitrogens with one attached hydrogen (secondary N) is 2. The first-order valence-electron chi connectivity index (χ1n) is 8.16. The van der Waals surface area contributed by atoms with Crippen LogP contribution in [0.1, 0.15) is 32.1 Å². The number of hydrogen-bond acceptors (Lipinski definition) is 3. The number of guanidine groups is 1. The third kappa shape index (κ3) is 11.8. The molecule has 0 bridgehead atoms. The van der Waals surface area contributed by atoms with Crippen molar-refractivity contribution < 1.29 is 4.74 Å². The molecule has 0 fully saturated rings. The minimum Gasteiger partial charge on any atom is -0.381 e. The highest BCUT2D eigenvalue weighted by molar-refractivity contribution is 14.0. The fraction of sp³-hybridized carbons (Fsp3) is 0.706. The predicted octanol–water partition coefficient (Wildman–Crippen LogP) is 3.77. The Morgan fingerprint density at radius 3 is 2.70 bits per heavy atom. The zero-order valence-corrected chi connectivity index (χ0v) is 17.9. The van der Waals surface area contributed by atoms with Crippen LogP contribution in [0, 0.1) is 11.8 Å². The molecule has 0 spiro atoms. The van der Waals surface area contributed by atoms with Crippen LogP contribution in [-0.4, -0.2) is 39.3 Å². The first-order valence-corrected chi connectivity index (χ1v) is 9.04. The Bertz CT molecular complexity index is 410. The van der Waals surface area contributed by atoms with Gasteiger partial charge in [0.25, 0.3) is 0 Å². The van der Waals surface area contributed by atoms with Crippen LogP contribution in [0.15, 0.2) is 22.5 Å². The number of rotatable bonds is 10. The smallest absolute Gasteiger partial charge is 0.190 e. The van der Waals surface area contributed by atoms with Crippen molar-refractivity contribution in [2.45, 2.75) is 33.6 Å². The fourth-order valence-corrected chi connectivity index (χ4v) is 2.91. The molecule has 134 valence electrons. The molecule has 1 heterocycles. The molecule has 0 radical (unpaired) electrons. The Kier molecular flexibility index (Phi) is 13.8. The molecule has 0 aliphatic rings. The number of aliphatic imine (C=N–C) groups is 1. The van der Waals surface area contributed by atoms with E-state index in [4.69, 9.17) is 4.74 Å². The Hall–Kier alpha value is -0.340. The lowest BCUT2D eigenvalue weighted by Crippen LogP contribution is -2.40. The van der Waals surface area contributed by atoms with E-state index in [1.54, 1.807) is 0 Å². The van der Waals surface area contributed by atoms with Crippen molar-refractivity contribution in [3.05, 3.63) is 22.4 Å². The summed E-state index contributed by atoms with van der Waals surface area (Å²) in [6, 6.07) is 4.31. The molecular formula is C17H32IN3OS. The average molecular weight is 453 g/mol. The highest BCUT2D eigenvalue weighted by Gasteiger charge is 2.06. The molecule has 1 atom stereocenters. The summed E-state index contributed by atoms with van der Waals surface area (Å²) in [5, 5.41) is 8.86. The maximum Gasteiger partial charge on any atom is 0.190 e. The van der Waals surface area contributed by atoms with E-state index in [0.717, 1.165) is 45.1 Å². The van der Waals surface area contributed by atoms with Gasteiger partial charge in [0, 0.05) is 38.2 Å².